The third-order valence-corrected chi connectivity index (χ3v) is 5.02. The van der Waals surface area contributed by atoms with Crippen LogP contribution in [-0.2, 0) is 21.3 Å². The zero-order valence-corrected chi connectivity index (χ0v) is 14.3. The molecule has 0 spiro atoms. The third kappa shape index (κ3) is 5.07. The Morgan fingerprint density at radius 1 is 1.36 bits per heavy atom. The van der Waals surface area contributed by atoms with Crippen molar-refractivity contribution in [2.75, 3.05) is 11.6 Å². The number of hydrogen-bond donors (Lipinski definition) is 2. The fourth-order valence-electron chi connectivity index (χ4n) is 2.87. The second-order valence-corrected chi connectivity index (χ2v) is 7.88. The Bertz CT molecular complexity index is 571. The first-order valence-corrected chi connectivity index (χ1v) is 9.59. The lowest BCUT2D eigenvalue weighted by atomic mass is 9.82. The number of anilines is 1. The van der Waals surface area contributed by atoms with Crippen LogP contribution in [0.3, 0.4) is 0 Å². The topological polar surface area (TPSA) is 66.4 Å². The summed E-state index contributed by atoms with van der Waals surface area (Å²) in [6.45, 7) is 0. The van der Waals surface area contributed by atoms with E-state index in [-0.39, 0.29) is 12.3 Å². The quantitative estimate of drug-likeness (QED) is 0.862. The lowest BCUT2D eigenvalue weighted by Crippen LogP contribution is -2.35. The molecule has 1 unspecified atom stereocenters. The van der Waals surface area contributed by atoms with Crippen LogP contribution in [0.5, 0.6) is 0 Å². The molecule has 2 rings (SSSR count). The van der Waals surface area contributed by atoms with Crippen LogP contribution in [0.4, 0.5) is 5.69 Å². The largest absolute Gasteiger partial charge is 0.389 e. The van der Waals surface area contributed by atoms with Crippen molar-refractivity contribution in [1.82, 2.24) is 0 Å². The highest BCUT2D eigenvalue weighted by molar-refractivity contribution is 7.83. The van der Waals surface area contributed by atoms with E-state index in [9.17, 15) is 14.1 Å². The molecule has 1 saturated carbocycles. The Hall–Kier alpha value is -0.910. The summed E-state index contributed by atoms with van der Waals surface area (Å²) in [6.07, 6.45) is 6.10. The monoisotopic (exact) mass is 343 g/mol. The first kappa shape index (κ1) is 17.4. The Labute approximate surface area is 138 Å². The van der Waals surface area contributed by atoms with Gasteiger partial charge >= 0.3 is 0 Å². The molecule has 1 aliphatic rings. The minimum atomic E-state index is -0.952. The van der Waals surface area contributed by atoms with Gasteiger partial charge in [-0.25, -0.2) is 0 Å². The van der Waals surface area contributed by atoms with Gasteiger partial charge in [-0.15, -0.1) is 0 Å². The third-order valence-electron chi connectivity index (χ3n) is 3.95. The maximum atomic E-state index is 12.2. The number of benzene rings is 1. The van der Waals surface area contributed by atoms with E-state index in [1.807, 2.05) is 0 Å². The van der Waals surface area contributed by atoms with E-state index in [0.29, 0.717) is 29.3 Å². The molecule has 1 atom stereocenters. The van der Waals surface area contributed by atoms with Crippen molar-refractivity contribution in [3.63, 3.8) is 0 Å². The molecule has 1 fully saturated rings. The Kier molecular flexibility index (Phi) is 6.01. The normalized spacial score (nSPS) is 18.7. The molecule has 0 saturated heterocycles. The zero-order valence-electron chi connectivity index (χ0n) is 12.7. The molecule has 1 aromatic carbocycles. The summed E-state index contributed by atoms with van der Waals surface area (Å²) >= 11 is 6.10. The van der Waals surface area contributed by atoms with Crippen molar-refractivity contribution in [1.29, 1.82) is 0 Å². The average molecular weight is 344 g/mol. The highest BCUT2D eigenvalue weighted by atomic mass is 35.5. The van der Waals surface area contributed by atoms with Gasteiger partial charge in [0.05, 0.1) is 22.7 Å². The van der Waals surface area contributed by atoms with Gasteiger partial charge in [0.1, 0.15) is 0 Å². The van der Waals surface area contributed by atoms with E-state index in [0.717, 1.165) is 24.8 Å². The molecule has 0 bridgehead atoms. The van der Waals surface area contributed by atoms with Crippen LogP contribution in [0.1, 0.15) is 44.1 Å². The highest BCUT2D eigenvalue weighted by Gasteiger charge is 2.31. The van der Waals surface area contributed by atoms with Gasteiger partial charge < -0.3 is 10.4 Å². The standard InChI is InChI=1S/C16H22ClNO3S/c1-22(21)11-12-5-6-13(17)14(9-12)18-15(19)10-16(20)7-3-2-4-8-16/h5-6,9,20H,2-4,7-8,10-11H2,1H3,(H,18,19). The Morgan fingerprint density at radius 3 is 2.68 bits per heavy atom. The Balaban J connectivity index is 2.02. The van der Waals surface area contributed by atoms with Crippen LogP contribution < -0.4 is 5.32 Å². The summed E-state index contributed by atoms with van der Waals surface area (Å²) in [4.78, 5) is 12.2. The molecule has 0 heterocycles. The second kappa shape index (κ2) is 7.57. The summed E-state index contributed by atoms with van der Waals surface area (Å²) in [7, 11) is -0.952. The molecule has 6 heteroatoms. The first-order valence-electron chi connectivity index (χ1n) is 7.49. The van der Waals surface area contributed by atoms with Crippen LogP contribution in [0.15, 0.2) is 18.2 Å². The molecule has 2 N–H and O–H groups in total. The number of amides is 1. The molecule has 0 aliphatic heterocycles. The number of nitrogens with one attached hydrogen (secondary N) is 1. The molecule has 1 aromatic rings. The van der Waals surface area contributed by atoms with Gasteiger partial charge in [-0.05, 0) is 30.5 Å². The molecule has 22 heavy (non-hydrogen) atoms. The summed E-state index contributed by atoms with van der Waals surface area (Å²) in [5.41, 5.74) is 0.475. The number of hydrogen-bond acceptors (Lipinski definition) is 3. The zero-order chi connectivity index (χ0) is 16.2. The molecule has 1 amide bonds. The van der Waals surface area contributed by atoms with Crippen molar-refractivity contribution >= 4 is 34.0 Å². The summed E-state index contributed by atoms with van der Waals surface area (Å²) < 4.78 is 11.3. The highest BCUT2D eigenvalue weighted by Crippen LogP contribution is 2.31. The van der Waals surface area contributed by atoms with Gasteiger partial charge in [-0.2, -0.15) is 0 Å². The smallest absolute Gasteiger partial charge is 0.227 e. The van der Waals surface area contributed by atoms with E-state index in [2.05, 4.69) is 5.32 Å². The molecule has 0 aromatic heterocycles. The van der Waals surface area contributed by atoms with Crippen molar-refractivity contribution in [3.05, 3.63) is 28.8 Å². The summed E-state index contributed by atoms with van der Waals surface area (Å²) in [5, 5.41) is 13.6. The van der Waals surface area contributed by atoms with Gasteiger partial charge in [0, 0.05) is 22.8 Å². The SMILES string of the molecule is CS(=O)Cc1ccc(Cl)c(NC(=O)CC2(O)CCCCC2)c1. The van der Waals surface area contributed by atoms with Gasteiger partial charge in [-0.1, -0.05) is 36.9 Å². The number of rotatable bonds is 5. The fourth-order valence-corrected chi connectivity index (χ4v) is 3.69. The number of carbonyl (C=O) groups excluding carboxylic acids is 1. The molecule has 1 aliphatic carbocycles. The van der Waals surface area contributed by atoms with E-state index < -0.39 is 16.4 Å². The van der Waals surface area contributed by atoms with Gasteiger partial charge in [0.15, 0.2) is 0 Å². The summed E-state index contributed by atoms with van der Waals surface area (Å²) in [5.74, 6) is 0.185. The van der Waals surface area contributed by atoms with E-state index >= 15 is 0 Å². The Morgan fingerprint density at radius 2 is 2.05 bits per heavy atom. The maximum Gasteiger partial charge on any atom is 0.227 e. The van der Waals surface area contributed by atoms with Crippen LogP contribution in [0.2, 0.25) is 5.02 Å². The van der Waals surface area contributed by atoms with Crippen molar-refractivity contribution in [2.24, 2.45) is 0 Å². The lowest BCUT2D eigenvalue weighted by molar-refractivity contribution is -0.122. The van der Waals surface area contributed by atoms with Crippen LogP contribution >= 0.6 is 11.6 Å². The van der Waals surface area contributed by atoms with Crippen LogP contribution in [0.25, 0.3) is 0 Å². The predicted molar refractivity (Wildman–Crippen MR) is 90.5 cm³/mol. The summed E-state index contributed by atoms with van der Waals surface area (Å²) in [6, 6.07) is 5.23. The molecular formula is C16H22ClNO3S. The second-order valence-electron chi connectivity index (χ2n) is 6.04. The number of halogens is 1. The van der Waals surface area contributed by atoms with Crippen LogP contribution in [-0.4, -0.2) is 27.1 Å². The van der Waals surface area contributed by atoms with Crippen molar-refractivity contribution in [2.45, 2.75) is 49.9 Å². The lowest BCUT2D eigenvalue weighted by Gasteiger charge is -2.31. The molecule has 122 valence electrons. The van der Waals surface area contributed by atoms with E-state index in [1.54, 1.807) is 24.5 Å². The van der Waals surface area contributed by atoms with E-state index in [1.165, 1.54) is 0 Å². The minimum absolute atomic E-state index is 0.0905. The van der Waals surface area contributed by atoms with Gasteiger partial charge in [-0.3, -0.25) is 9.00 Å². The average Bonchev–Trinajstić information content (AvgIpc) is 2.42. The minimum Gasteiger partial charge on any atom is -0.389 e. The van der Waals surface area contributed by atoms with Gasteiger partial charge in [0.25, 0.3) is 0 Å². The van der Waals surface area contributed by atoms with Crippen LogP contribution in [0, 0.1) is 0 Å². The van der Waals surface area contributed by atoms with Crippen molar-refractivity contribution in [3.8, 4) is 0 Å². The van der Waals surface area contributed by atoms with Crippen molar-refractivity contribution < 1.29 is 14.1 Å². The number of aliphatic hydroxyl groups is 1. The predicted octanol–water partition coefficient (Wildman–Crippen LogP) is 3.24. The fraction of sp³-hybridized carbons (Fsp3) is 0.562. The first-order chi connectivity index (χ1) is 10.4. The van der Waals surface area contributed by atoms with Gasteiger partial charge in [0.2, 0.25) is 5.91 Å². The molecule has 4 nitrogen and oxygen atoms in total. The maximum absolute atomic E-state index is 12.2. The van der Waals surface area contributed by atoms with E-state index in [4.69, 9.17) is 11.6 Å². The number of carbonyl (C=O) groups is 1. The molecule has 0 radical (unpaired) electrons. The molecular weight excluding hydrogens is 322 g/mol.